The predicted octanol–water partition coefficient (Wildman–Crippen LogP) is 6.94. The zero-order valence-electron chi connectivity index (χ0n) is 30.7. The van der Waals surface area contributed by atoms with E-state index in [1.807, 2.05) is 54.5 Å². The van der Waals surface area contributed by atoms with Crippen molar-refractivity contribution in [3.63, 3.8) is 0 Å². The number of hydrogen-bond donors (Lipinski definition) is 2. The van der Waals surface area contributed by atoms with E-state index in [-0.39, 0.29) is 16.7 Å². The average Bonchev–Trinajstić information content (AvgIpc) is 3.00. The maximum Gasteiger partial charge on any atom is 0.293 e. The first-order valence-electron chi connectivity index (χ1n) is 16.9. The maximum absolute atomic E-state index is 14.9. The molecular formula is C36H58F4N6O2. The van der Waals surface area contributed by atoms with E-state index in [1.165, 1.54) is 12.4 Å². The van der Waals surface area contributed by atoms with Crippen LogP contribution in [0, 0.1) is 0 Å². The summed E-state index contributed by atoms with van der Waals surface area (Å²) in [6, 6.07) is 6.92. The molecule has 272 valence electrons. The molecule has 0 radical (unpaired) electrons. The third-order valence-electron chi connectivity index (χ3n) is 8.68. The molecule has 2 N–H and O–H groups in total. The standard InChI is InChI=1S/C36H58F4N6O2/c1-31(2,3)43-23-35(37,38)25-47-27-11-13-29(41-21-27)33(7,8)15-16-34(9,10)44-24-36(39,40)26-48-28-12-14-30(42-22-28)45-17-19-46(20-18-45)32(4,5)6/h11-14,21-22,43-44H,15-20,23-26H2,1-10H3. The summed E-state index contributed by atoms with van der Waals surface area (Å²) in [5.74, 6) is -4.73. The van der Waals surface area contributed by atoms with Crippen molar-refractivity contribution in [3.05, 3.63) is 42.4 Å². The topological polar surface area (TPSA) is 74.8 Å². The SMILES string of the molecule is CC(C)(C)NCC(F)(F)COc1ccc(C(C)(C)CCC(C)(C)NCC(F)(F)COc2ccc(N3CCN(C(C)(C)C)CC3)nc2)nc1. The van der Waals surface area contributed by atoms with Gasteiger partial charge in [0, 0.05) is 53.9 Å². The van der Waals surface area contributed by atoms with Gasteiger partial charge in [0.15, 0.2) is 13.2 Å². The van der Waals surface area contributed by atoms with Crippen molar-refractivity contribution in [3.8, 4) is 11.5 Å². The summed E-state index contributed by atoms with van der Waals surface area (Å²) in [5.41, 5.74) is -0.509. The largest absolute Gasteiger partial charge is 0.486 e. The Morgan fingerprint density at radius 3 is 1.65 bits per heavy atom. The second kappa shape index (κ2) is 15.5. The lowest BCUT2D eigenvalue weighted by molar-refractivity contribution is -0.0440. The van der Waals surface area contributed by atoms with Gasteiger partial charge < -0.3 is 25.0 Å². The number of alkyl halides is 4. The number of nitrogens with one attached hydrogen (secondary N) is 2. The second-order valence-electron chi connectivity index (χ2n) is 16.4. The minimum Gasteiger partial charge on any atom is -0.486 e. The number of piperazine rings is 1. The predicted molar refractivity (Wildman–Crippen MR) is 185 cm³/mol. The summed E-state index contributed by atoms with van der Waals surface area (Å²) >= 11 is 0. The fourth-order valence-electron chi connectivity index (χ4n) is 5.20. The first-order chi connectivity index (χ1) is 22.0. The van der Waals surface area contributed by atoms with Crippen LogP contribution in [0.4, 0.5) is 23.4 Å². The Kier molecular flexibility index (Phi) is 12.8. The van der Waals surface area contributed by atoms with Gasteiger partial charge in [-0.3, -0.25) is 9.88 Å². The van der Waals surface area contributed by atoms with E-state index >= 15 is 0 Å². The Hall–Kier alpha value is -2.70. The molecule has 8 nitrogen and oxygen atoms in total. The number of nitrogens with zero attached hydrogens (tertiary/aromatic N) is 4. The van der Waals surface area contributed by atoms with E-state index in [2.05, 4.69) is 51.2 Å². The molecule has 1 aliphatic rings. The van der Waals surface area contributed by atoms with Gasteiger partial charge in [-0.1, -0.05) is 13.8 Å². The van der Waals surface area contributed by atoms with Gasteiger partial charge in [0.2, 0.25) is 0 Å². The molecule has 1 aliphatic heterocycles. The van der Waals surface area contributed by atoms with E-state index in [0.29, 0.717) is 18.6 Å². The monoisotopic (exact) mass is 682 g/mol. The third kappa shape index (κ3) is 13.3. The van der Waals surface area contributed by atoms with E-state index in [0.717, 1.165) is 37.7 Å². The molecule has 3 heterocycles. The van der Waals surface area contributed by atoms with Crippen molar-refractivity contribution in [1.82, 2.24) is 25.5 Å². The van der Waals surface area contributed by atoms with Crippen LogP contribution in [0.2, 0.25) is 0 Å². The van der Waals surface area contributed by atoms with Crippen LogP contribution in [0.15, 0.2) is 36.7 Å². The van der Waals surface area contributed by atoms with E-state index in [4.69, 9.17) is 9.47 Å². The van der Waals surface area contributed by atoms with E-state index < -0.39 is 49.2 Å². The van der Waals surface area contributed by atoms with Crippen LogP contribution in [-0.4, -0.2) is 95.8 Å². The Morgan fingerprint density at radius 2 is 1.19 bits per heavy atom. The smallest absolute Gasteiger partial charge is 0.293 e. The van der Waals surface area contributed by atoms with Crippen LogP contribution in [0.25, 0.3) is 0 Å². The Balaban J connectivity index is 1.42. The molecule has 0 aliphatic carbocycles. The van der Waals surface area contributed by atoms with Crippen LogP contribution in [-0.2, 0) is 5.41 Å². The van der Waals surface area contributed by atoms with Gasteiger partial charge >= 0.3 is 0 Å². The van der Waals surface area contributed by atoms with E-state index in [1.54, 1.807) is 18.2 Å². The number of halogens is 4. The molecule has 2 aromatic rings. The van der Waals surface area contributed by atoms with Gasteiger partial charge in [0.05, 0.1) is 25.5 Å². The third-order valence-corrected chi connectivity index (χ3v) is 8.68. The molecule has 1 fully saturated rings. The number of anilines is 1. The van der Waals surface area contributed by atoms with Gasteiger partial charge in [-0.15, -0.1) is 0 Å². The highest BCUT2D eigenvalue weighted by molar-refractivity contribution is 5.41. The molecule has 1 saturated heterocycles. The van der Waals surface area contributed by atoms with Crippen molar-refractivity contribution in [2.45, 2.75) is 116 Å². The van der Waals surface area contributed by atoms with Crippen LogP contribution >= 0.6 is 0 Å². The van der Waals surface area contributed by atoms with Gasteiger partial charge in [0.1, 0.15) is 17.3 Å². The summed E-state index contributed by atoms with van der Waals surface area (Å²) in [6.07, 6.45) is 4.21. The molecule has 48 heavy (non-hydrogen) atoms. The molecule has 3 rings (SSSR count). The van der Waals surface area contributed by atoms with Crippen molar-refractivity contribution in [2.75, 3.05) is 57.4 Å². The zero-order chi connectivity index (χ0) is 36.0. The van der Waals surface area contributed by atoms with Gasteiger partial charge in [0.25, 0.3) is 11.8 Å². The molecule has 0 unspecified atom stereocenters. The highest BCUT2D eigenvalue weighted by Gasteiger charge is 2.35. The number of hydrogen-bond acceptors (Lipinski definition) is 8. The lowest BCUT2D eigenvalue weighted by atomic mass is 9.80. The Bertz CT molecular complexity index is 1270. The Labute approximate surface area is 285 Å². The molecule has 0 spiro atoms. The van der Waals surface area contributed by atoms with Gasteiger partial charge in [-0.25, -0.2) is 22.5 Å². The highest BCUT2D eigenvalue weighted by atomic mass is 19.3. The van der Waals surface area contributed by atoms with Crippen molar-refractivity contribution < 1.29 is 27.0 Å². The molecule has 0 saturated carbocycles. The van der Waals surface area contributed by atoms with Gasteiger partial charge in [-0.2, -0.15) is 0 Å². The summed E-state index contributed by atoms with van der Waals surface area (Å²) in [4.78, 5) is 13.6. The van der Waals surface area contributed by atoms with Crippen LogP contribution in [0.5, 0.6) is 11.5 Å². The normalized spacial score (nSPS) is 15.9. The quantitative estimate of drug-likeness (QED) is 0.185. The molecule has 0 aromatic carbocycles. The summed E-state index contributed by atoms with van der Waals surface area (Å²) in [5, 5.41) is 5.81. The fourth-order valence-corrected chi connectivity index (χ4v) is 5.20. The molecule has 2 aromatic heterocycles. The number of ether oxygens (including phenoxy) is 2. The molecule has 12 heteroatoms. The maximum atomic E-state index is 14.9. The first kappa shape index (κ1) is 39.7. The lowest BCUT2D eigenvalue weighted by Gasteiger charge is -2.42. The van der Waals surface area contributed by atoms with Crippen LogP contribution in [0.3, 0.4) is 0 Å². The first-order valence-corrected chi connectivity index (χ1v) is 16.9. The average molecular weight is 683 g/mol. The van der Waals surface area contributed by atoms with Crippen LogP contribution < -0.4 is 25.0 Å². The van der Waals surface area contributed by atoms with Crippen molar-refractivity contribution >= 4 is 5.82 Å². The van der Waals surface area contributed by atoms with Crippen molar-refractivity contribution in [1.29, 1.82) is 0 Å². The zero-order valence-corrected chi connectivity index (χ0v) is 30.7. The summed E-state index contributed by atoms with van der Waals surface area (Å²) in [6.45, 7) is 21.0. The summed E-state index contributed by atoms with van der Waals surface area (Å²) in [7, 11) is 0. The van der Waals surface area contributed by atoms with E-state index in [9.17, 15) is 17.6 Å². The Morgan fingerprint density at radius 1 is 0.667 bits per heavy atom. The minimum absolute atomic E-state index is 0.127. The molecular weight excluding hydrogens is 624 g/mol. The fraction of sp³-hybridized carbons (Fsp3) is 0.722. The number of pyridine rings is 2. The molecule has 0 amide bonds. The molecule has 0 bridgehead atoms. The highest BCUT2D eigenvalue weighted by Crippen LogP contribution is 2.31. The minimum atomic E-state index is -3.09. The number of aromatic nitrogens is 2. The lowest BCUT2D eigenvalue weighted by Crippen LogP contribution is -2.53. The van der Waals surface area contributed by atoms with Gasteiger partial charge in [-0.05, 0) is 92.5 Å². The van der Waals surface area contributed by atoms with Crippen LogP contribution in [0.1, 0.15) is 87.8 Å². The molecule has 0 atom stereocenters. The van der Waals surface area contributed by atoms with Crippen molar-refractivity contribution in [2.24, 2.45) is 0 Å². The summed E-state index contributed by atoms with van der Waals surface area (Å²) < 4.78 is 68.9. The number of rotatable bonds is 16. The second-order valence-corrected chi connectivity index (χ2v) is 16.4.